The van der Waals surface area contributed by atoms with Gasteiger partial charge in [-0.25, -0.2) is 9.97 Å². The van der Waals surface area contributed by atoms with Gasteiger partial charge >= 0.3 is 10.4 Å². The molecule has 106 valence electrons. The van der Waals surface area contributed by atoms with E-state index in [-0.39, 0.29) is 13.1 Å². The molecule has 0 atom stereocenters. The summed E-state index contributed by atoms with van der Waals surface area (Å²) in [6.07, 6.45) is 0.815. The maximum absolute atomic E-state index is 12.8. The molecular formula is C11H17FN4O2S. The van der Waals surface area contributed by atoms with Crippen LogP contribution >= 0.6 is 0 Å². The highest BCUT2D eigenvalue weighted by Gasteiger charge is 2.27. The lowest BCUT2D eigenvalue weighted by atomic mass is 10.3. The Morgan fingerprint density at radius 3 is 2.42 bits per heavy atom. The van der Waals surface area contributed by atoms with Gasteiger partial charge in [-0.15, -0.1) is 0 Å². The van der Waals surface area contributed by atoms with Crippen molar-refractivity contribution >= 4 is 16.2 Å². The van der Waals surface area contributed by atoms with Crippen molar-refractivity contribution in [3.8, 4) is 0 Å². The maximum Gasteiger partial charge on any atom is 0.374 e. The molecule has 0 radical (unpaired) electrons. The number of aryl methyl sites for hydroxylation is 2. The van der Waals surface area contributed by atoms with Gasteiger partial charge in [-0.1, -0.05) is 10.8 Å². The van der Waals surface area contributed by atoms with Crippen LogP contribution in [0.25, 0.3) is 0 Å². The molecule has 0 N–H and O–H groups in total. The summed E-state index contributed by atoms with van der Waals surface area (Å²) in [6, 6.07) is 1.90. The number of rotatable bonds is 3. The Morgan fingerprint density at radius 1 is 1.26 bits per heavy atom. The number of aromatic nitrogens is 2. The number of anilines is 1. The Hall–Kier alpha value is -1.28. The molecule has 1 aliphatic rings. The highest BCUT2D eigenvalue weighted by atomic mass is 32.3. The number of hydrogen-bond acceptors (Lipinski definition) is 5. The summed E-state index contributed by atoms with van der Waals surface area (Å²) in [5.41, 5.74) is 0.947. The first-order valence-electron chi connectivity index (χ1n) is 6.19. The summed E-state index contributed by atoms with van der Waals surface area (Å²) >= 11 is 0. The van der Waals surface area contributed by atoms with Gasteiger partial charge in [-0.05, 0) is 13.3 Å². The molecule has 1 aromatic rings. The van der Waals surface area contributed by atoms with Crippen LogP contribution in [-0.2, 0) is 16.8 Å². The molecule has 1 fully saturated rings. The molecular weight excluding hydrogens is 271 g/mol. The first-order chi connectivity index (χ1) is 8.90. The summed E-state index contributed by atoms with van der Waals surface area (Å²) in [6.45, 7) is 4.99. The molecule has 6 nitrogen and oxygen atoms in total. The van der Waals surface area contributed by atoms with E-state index in [2.05, 4.69) is 9.97 Å². The summed E-state index contributed by atoms with van der Waals surface area (Å²) < 4.78 is 35.3. The molecule has 1 aliphatic heterocycles. The van der Waals surface area contributed by atoms with Crippen LogP contribution in [0.5, 0.6) is 0 Å². The molecule has 1 aromatic heterocycles. The molecule has 0 unspecified atom stereocenters. The third kappa shape index (κ3) is 3.38. The molecule has 0 amide bonds. The quantitative estimate of drug-likeness (QED) is 0.765. The zero-order chi connectivity index (χ0) is 14.0. The molecule has 2 rings (SSSR count). The largest absolute Gasteiger partial charge is 0.374 e. The van der Waals surface area contributed by atoms with Crippen molar-refractivity contribution in [2.75, 3.05) is 31.1 Å². The van der Waals surface area contributed by atoms with Gasteiger partial charge in [0.15, 0.2) is 0 Å². The first kappa shape index (κ1) is 14.1. The average Bonchev–Trinajstić information content (AvgIpc) is 2.37. The Balaban J connectivity index is 2.11. The van der Waals surface area contributed by atoms with Gasteiger partial charge in [-0.2, -0.15) is 12.7 Å². The maximum atomic E-state index is 12.8. The fraction of sp³-hybridized carbons (Fsp3) is 0.636. The van der Waals surface area contributed by atoms with Crippen LogP contribution < -0.4 is 4.90 Å². The van der Waals surface area contributed by atoms with Gasteiger partial charge in [0.25, 0.3) is 0 Å². The van der Waals surface area contributed by atoms with Gasteiger partial charge in [0.05, 0.1) is 0 Å². The topological polar surface area (TPSA) is 66.4 Å². The predicted molar refractivity (Wildman–Crippen MR) is 70.0 cm³/mol. The standard InChI is InChI=1S/C11H17FN4O2S/c1-3-10-8-11(14-9(2)13-10)15-4-6-16(7-5-15)19(12,17)18/h8H,3-7H2,1-2H3. The SMILES string of the molecule is CCc1cc(N2CCN(S(=O)(=O)F)CC2)nc(C)n1. The van der Waals surface area contributed by atoms with Crippen molar-refractivity contribution in [3.05, 3.63) is 17.6 Å². The van der Waals surface area contributed by atoms with E-state index >= 15 is 0 Å². The summed E-state index contributed by atoms with van der Waals surface area (Å²) in [7, 11) is -4.58. The van der Waals surface area contributed by atoms with Crippen molar-refractivity contribution in [3.63, 3.8) is 0 Å². The van der Waals surface area contributed by atoms with E-state index in [1.54, 1.807) is 0 Å². The van der Waals surface area contributed by atoms with E-state index in [1.807, 2.05) is 24.8 Å². The monoisotopic (exact) mass is 288 g/mol. The fourth-order valence-corrected chi connectivity index (χ4v) is 2.69. The van der Waals surface area contributed by atoms with Crippen LogP contribution in [0, 0.1) is 6.92 Å². The van der Waals surface area contributed by atoms with Gasteiger partial charge < -0.3 is 4.90 Å². The van der Waals surface area contributed by atoms with Crippen molar-refractivity contribution in [1.82, 2.24) is 14.3 Å². The van der Waals surface area contributed by atoms with Crippen molar-refractivity contribution in [2.24, 2.45) is 0 Å². The third-order valence-corrected chi connectivity index (χ3v) is 4.09. The molecule has 8 heteroatoms. The molecule has 0 saturated carbocycles. The Morgan fingerprint density at radius 2 is 1.89 bits per heavy atom. The van der Waals surface area contributed by atoms with Gasteiger partial charge in [0.2, 0.25) is 0 Å². The minimum atomic E-state index is -4.58. The molecule has 0 aliphatic carbocycles. The number of hydrogen-bond donors (Lipinski definition) is 0. The van der Waals surface area contributed by atoms with E-state index in [1.165, 1.54) is 0 Å². The van der Waals surface area contributed by atoms with E-state index in [0.717, 1.165) is 22.2 Å². The van der Waals surface area contributed by atoms with E-state index in [4.69, 9.17) is 0 Å². The number of nitrogens with zero attached hydrogens (tertiary/aromatic N) is 4. The second kappa shape index (κ2) is 5.38. The Bertz CT molecular complexity index is 556. The zero-order valence-electron chi connectivity index (χ0n) is 11.0. The van der Waals surface area contributed by atoms with Crippen LogP contribution in [0.15, 0.2) is 6.07 Å². The molecule has 0 aromatic carbocycles. The highest BCUT2D eigenvalue weighted by molar-refractivity contribution is 7.83. The summed E-state index contributed by atoms with van der Waals surface area (Å²) in [5, 5.41) is 0. The lowest BCUT2D eigenvalue weighted by molar-refractivity contribution is 0.362. The fourth-order valence-electron chi connectivity index (χ4n) is 2.09. The van der Waals surface area contributed by atoms with Crippen LogP contribution in [-0.4, -0.2) is 48.9 Å². The smallest absolute Gasteiger partial charge is 0.354 e. The highest BCUT2D eigenvalue weighted by Crippen LogP contribution is 2.17. The molecule has 1 saturated heterocycles. The predicted octanol–water partition coefficient (Wildman–Crippen LogP) is 0.684. The lowest BCUT2D eigenvalue weighted by Crippen LogP contribution is -2.48. The lowest BCUT2D eigenvalue weighted by Gasteiger charge is -2.32. The minimum absolute atomic E-state index is 0.142. The summed E-state index contributed by atoms with van der Waals surface area (Å²) in [5.74, 6) is 1.47. The first-order valence-corrected chi connectivity index (χ1v) is 7.53. The average molecular weight is 288 g/mol. The zero-order valence-corrected chi connectivity index (χ0v) is 11.8. The summed E-state index contributed by atoms with van der Waals surface area (Å²) in [4.78, 5) is 10.6. The van der Waals surface area contributed by atoms with Gasteiger partial charge in [0, 0.05) is 37.9 Å². The van der Waals surface area contributed by atoms with Crippen LogP contribution in [0.4, 0.5) is 9.70 Å². The molecule has 2 heterocycles. The minimum Gasteiger partial charge on any atom is -0.354 e. The van der Waals surface area contributed by atoms with E-state index < -0.39 is 10.4 Å². The van der Waals surface area contributed by atoms with Crippen molar-refractivity contribution < 1.29 is 12.3 Å². The molecule has 19 heavy (non-hydrogen) atoms. The van der Waals surface area contributed by atoms with Crippen LogP contribution in [0.1, 0.15) is 18.4 Å². The normalized spacial score (nSPS) is 17.7. The van der Waals surface area contributed by atoms with E-state index in [0.29, 0.717) is 18.9 Å². The second-order valence-corrected chi connectivity index (χ2v) is 5.79. The van der Waals surface area contributed by atoms with Gasteiger partial charge in [-0.3, -0.25) is 0 Å². The second-order valence-electron chi connectivity index (χ2n) is 4.45. The van der Waals surface area contributed by atoms with Crippen LogP contribution in [0.2, 0.25) is 0 Å². The van der Waals surface area contributed by atoms with Crippen molar-refractivity contribution in [1.29, 1.82) is 0 Å². The number of halogens is 1. The van der Waals surface area contributed by atoms with Crippen molar-refractivity contribution in [2.45, 2.75) is 20.3 Å². The van der Waals surface area contributed by atoms with E-state index in [9.17, 15) is 12.3 Å². The Labute approximate surface area is 112 Å². The number of piperazine rings is 1. The molecule has 0 bridgehead atoms. The van der Waals surface area contributed by atoms with Crippen LogP contribution in [0.3, 0.4) is 0 Å². The third-order valence-electron chi connectivity index (χ3n) is 3.11. The molecule has 0 spiro atoms. The Kier molecular flexibility index (Phi) is 4.00. The van der Waals surface area contributed by atoms with Gasteiger partial charge in [0.1, 0.15) is 11.6 Å².